The van der Waals surface area contributed by atoms with Crippen molar-refractivity contribution in [3.63, 3.8) is 0 Å². The molecule has 2 aliphatic rings. The summed E-state index contributed by atoms with van der Waals surface area (Å²) < 4.78 is 39.5. The minimum Gasteiger partial charge on any atom is -0.311 e. The van der Waals surface area contributed by atoms with Gasteiger partial charge in [0.05, 0.1) is 11.3 Å². The van der Waals surface area contributed by atoms with E-state index in [9.17, 15) is 18.0 Å². The summed E-state index contributed by atoms with van der Waals surface area (Å²) >= 11 is 1.14. The Morgan fingerprint density at radius 2 is 1.89 bits per heavy atom. The van der Waals surface area contributed by atoms with E-state index in [-0.39, 0.29) is 29.6 Å². The molecule has 1 aromatic heterocycles. The summed E-state index contributed by atoms with van der Waals surface area (Å²) in [7, 11) is 0. The molecule has 2 fully saturated rings. The van der Waals surface area contributed by atoms with Crippen molar-refractivity contribution in [2.24, 2.45) is 5.92 Å². The third kappa shape index (κ3) is 4.67. The highest BCUT2D eigenvalue weighted by atomic mass is 35.5. The number of thiazole rings is 1. The van der Waals surface area contributed by atoms with Gasteiger partial charge in [0.25, 0.3) is 0 Å². The lowest BCUT2D eigenvalue weighted by atomic mass is 9.89. The number of fused-ring (bicyclic) bond motifs is 2. The number of nitrogens with zero attached hydrogens (tertiary/aromatic N) is 1. The van der Waals surface area contributed by atoms with Crippen molar-refractivity contribution in [2.45, 2.75) is 50.4 Å². The zero-order valence-corrected chi connectivity index (χ0v) is 16.6. The molecule has 2 N–H and O–H groups in total. The molecule has 2 bridgehead atoms. The number of piperidine rings is 1. The molecule has 0 spiro atoms. The van der Waals surface area contributed by atoms with Crippen molar-refractivity contribution in [3.8, 4) is 11.3 Å². The Hall–Kier alpha value is -1.64. The van der Waals surface area contributed by atoms with Gasteiger partial charge >= 0.3 is 6.18 Å². The SMILES string of the molecule is Cl.O=C(CC1CC2CCC(C1)N2)Nc1nc(-c2ccccc2C(F)(F)F)cs1. The monoisotopic (exact) mass is 431 g/mol. The number of carbonyl (C=O) groups is 1. The number of hydrogen-bond acceptors (Lipinski definition) is 4. The van der Waals surface area contributed by atoms with Gasteiger partial charge in [-0.15, -0.1) is 23.7 Å². The van der Waals surface area contributed by atoms with Gasteiger partial charge in [-0.3, -0.25) is 4.79 Å². The van der Waals surface area contributed by atoms with Crippen LogP contribution < -0.4 is 10.6 Å². The zero-order valence-electron chi connectivity index (χ0n) is 15.0. The second-order valence-electron chi connectivity index (χ2n) is 7.31. The summed E-state index contributed by atoms with van der Waals surface area (Å²) in [5.41, 5.74) is -0.474. The van der Waals surface area contributed by atoms with Gasteiger partial charge in [0.15, 0.2) is 5.13 Å². The number of benzene rings is 1. The first-order valence-electron chi connectivity index (χ1n) is 9.06. The predicted octanol–water partition coefficient (Wildman–Crippen LogP) is 5.11. The fraction of sp³-hybridized carbons (Fsp3) is 0.474. The zero-order chi connectivity index (χ0) is 19.0. The smallest absolute Gasteiger partial charge is 0.311 e. The molecule has 0 saturated carbocycles. The second kappa shape index (κ2) is 8.39. The van der Waals surface area contributed by atoms with Crippen LogP contribution in [0.4, 0.5) is 18.3 Å². The van der Waals surface area contributed by atoms with Crippen molar-refractivity contribution in [1.29, 1.82) is 0 Å². The molecule has 1 aromatic carbocycles. The van der Waals surface area contributed by atoms with E-state index in [0.29, 0.717) is 29.6 Å². The maximum Gasteiger partial charge on any atom is 0.417 e. The highest BCUT2D eigenvalue weighted by Gasteiger charge is 2.35. The van der Waals surface area contributed by atoms with Gasteiger partial charge < -0.3 is 10.6 Å². The Morgan fingerprint density at radius 1 is 1.21 bits per heavy atom. The van der Waals surface area contributed by atoms with Gasteiger partial charge in [0.2, 0.25) is 5.91 Å². The maximum atomic E-state index is 13.2. The number of rotatable bonds is 4. The molecule has 0 radical (unpaired) electrons. The topological polar surface area (TPSA) is 54.0 Å². The first kappa shape index (κ1) is 21.1. The first-order chi connectivity index (χ1) is 12.9. The van der Waals surface area contributed by atoms with Crippen LogP contribution in [0.2, 0.25) is 0 Å². The number of amides is 1. The Bertz CT molecular complexity index is 830. The van der Waals surface area contributed by atoms with E-state index in [0.717, 1.165) is 30.2 Å². The molecule has 0 aliphatic carbocycles. The Kier molecular flexibility index (Phi) is 6.31. The molecule has 1 amide bonds. The number of carbonyl (C=O) groups excluding carboxylic acids is 1. The third-order valence-corrected chi connectivity index (χ3v) is 6.06. The molecule has 2 unspecified atom stereocenters. The van der Waals surface area contributed by atoms with Crippen LogP contribution in [0.15, 0.2) is 29.6 Å². The van der Waals surface area contributed by atoms with Crippen molar-refractivity contribution >= 4 is 34.8 Å². The van der Waals surface area contributed by atoms with Gasteiger partial charge in [-0.2, -0.15) is 13.2 Å². The van der Waals surface area contributed by atoms with Crippen molar-refractivity contribution < 1.29 is 18.0 Å². The van der Waals surface area contributed by atoms with Gasteiger partial charge in [-0.25, -0.2) is 4.98 Å². The highest BCUT2D eigenvalue weighted by molar-refractivity contribution is 7.14. The van der Waals surface area contributed by atoms with E-state index < -0.39 is 11.7 Å². The lowest BCUT2D eigenvalue weighted by Crippen LogP contribution is -2.39. The molecule has 2 aromatic rings. The van der Waals surface area contributed by atoms with Gasteiger partial charge in [0.1, 0.15) is 0 Å². The van der Waals surface area contributed by atoms with Crippen molar-refractivity contribution in [1.82, 2.24) is 10.3 Å². The predicted molar refractivity (Wildman–Crippen MR) is 106 cm³/mol. The summed E-state index contributed by atoms with van der Waals surface area (Å²) in [5, 5.41) is 8.19. The van der Waals surface area contributed by atoms with E-state index in [1.807, 2.05) is 0 Å². The fourth-order valence-electron chi connectivity index (χ4n) is 4.18. The molecule has 152 valence electrons. The number of hydrogen-bond donors (Lipinski definition) is 2. The van der Waals surface area contributed by atoms with Crippen LogP contribution in [0.1, 0.15) is 37.7 Å². The normalized spacial score (nSPS) is 23.9. The summed E-state index contributed by atoms with van der Waals surface area (Å²) in [6.07, 6.45) is 0.354. The van der Waals surface area contributed by atoms with E-state index in [1.54, 1.807) is 11.4 Å². The average molecular weight is 432 g/mol. The van der Waals surface area contributed by atoms with E-state index in [2.05, 4.69) is 15.6 Å². The van der Waals surface area contributed by atoms with Crippen LogP contribution >= 0.6 is 23.7 Å². The Morgan fingerprint density at radius 3 is 2.57 bits per heavy atom. The number of anilines is 1. The minimum absolute atomic E-state index is 0. The number of alkyl halides is 3. The highest BCUT2D eigenvalue weighted by Crippen LogP contribution is 2.38. The van der Waals surface area contributed by atoms with Crippen molar-refractivity contribution in [2.75, 3.05) is 5.32 Å². The Labute approximate surface area is 171 Å². The van der Waals surface area contributed by atoms with Crippen LogP contribution in [0.25, 0.3) is 11.3 Å². The quantitative estimate of drug-likeness (QED) is 0.707. The number of nitrogens with one attached hydrogen (secondary N) is 2. The van der Waals surface area contributed by atoms with Gasteiger partial charge in [-0.05, 0) is 37.7 Å². The summed E-state index contributed by atoms with van der Waals surface area (Å²) in [4.78, 5) is 16.5. The molecular formula is C19H21ClF3N3OS. The van der Waals surface area contributed by atoms with Crippen LogP contribution in [0.5, 0.6) is 0 Å². The largest absolute Gasteiger partial charge is 0.417 e. The van der Waals surface area contributed by atoms with E-state index in [4.69, 9.17) is 0 Å². The standard InChI is InChI=1S/C19H20F3N3OS.ClH/c20-19(21,22)15-4-2-1-3-14(15)16-10-27-18(24-16)25-17(26)9-11-7-12-5-6-13(8-11)23-12;/h1-4,10-13,23H,5-9H2,(H,24,25,26);1H. The fourth-order valence-corrected chi connectivity index (χ4v) is 4.91. The van der Waals surface area contributed by atoms with Crippen molar-refractivity contribution in [3.05, 3.63) is 35.2 Å². The molecule has 2 aliphatic heterocycles. The molecule has 2 saturated heterocycles. The van der Waals surface area contributed by atoms with Gasteiger partial charge in [-0.1, -0.05) is 18.2 Å². The maximum absolute atomic E-state index is 13.2. The summed E-state index contributed by atoms with van der Waals surface area (Å²) in [6.45, 7) is 0. The van der Waals surface area contributed by atoms with Crippen LogP contribution in [0, 0.1) is 5.92 Å². The molecule has 4 nitrogen and oxygen atoms in total. The van der Waals surface area contributed by atoms with Crippen LogP contribution in [-0.4, -0.2) is 23.0 Å². The molecule has 28 heavy (non-hydrogen) atoms. The number of halogens is 4. The Balaban J connectivity index is 0.00000225. The first-order valence-corrected chi connectivity index (χ1v) is 9.94. The lowest BCUT2D eigenvalue weighted by Gasteiger charge is -2.28. The average Bonchev–Trinajstić information content (AvgIpc) is 3.20. The molecule has 4 rings (SSSR count). The molecule has 2 atom stereocenters. The molecule has 3 heterocycles. The number of aromatic nitrogens is 1. The second-order valence-corrected chi connectivity index (χ2v) is 8.17. The third-order valence-electron chi connectivity index (χ3n) is 5.30. The van der Waals surface area contributed by atoms with E-state index in [1.165, 1.54) is 25.0 Å². The summed E-state index contributed by atoms with van der Waals surface area (Å²) in [5.74, 6) is 0.237. The minimum atomic E-state index is -4.45. The van der Waals surface area contributed by atoms with Gasteiger partial charge in [0, 0.05) is 29.4 Å². The van der Waals surface area contributed by atoms with E-state index >= 15 is 0 Å². The van der Waals surface area contributed by atoms with Crippen LogP contribution in [0.3, 0.4) is 0 Å². The van der Waals surface area contributed by atoms with Crippen LogP contribution in [-0.2, 0) is 11.0 Å². The molecule has 9 heteroatoms. The lowest BCUT2D eigenvalue weighted by molar-refractivity contribution is -0.137. The molecular weight excluding hydrogens is 411 g/mol. The summed E-state index contributed by atoms with van der Waals surface area (Å²) in [6, 6.07) is 6.38.